The molecule has 1 aromatic heterocycles. The van der Waals surface area contributed by atoms with Crippen LogP contribution in [0.2, 0.25) is 0 Å². The van der Waals surface area contributed by atoms with Crippen LogP contribution >= 0.6 is 11.3 Å². The van der Waals surface area contributed by atoms with E-state index < -0.39 is 0 Å². The van der Waals surface area contributed by atoms with Gasteiger partial charge in [0.25, 0.3) is 0 Å². The Balaban J connectivity index is 2.15. The molecule has 0 aromatic carbocycles. The van der Waals surface area contributed by atoms with Gasteiger partial charge in [-0.05, 0) is 19.8 Å². The van der Waals surface area contributed by atoms with Crippen LogP contribution in [-0.4, -0.2) is 23.5 Å². The van der Waals surface area contributed by atoms with Gasteiger partial charge >= 0.3 is 0 Å². The first-order valence-electron chi connectivity index (χ1n) is 6.01. The summed E-state index contributed by atoms with van der Waals surface area (Å²) in [7, 11) is 0. The van der Waals surface area contributed by atoms with Crippen LogP contribution in [0.15, 0.2) is 11.6 Å². The minimum atomic E-state index is 0.106. The molecule has 0 radical (unpaired) electrons. The summed E-state index contributed by atoms with van der Waals surface area (Å²) in [6.07, 6.45) is 4.11. The number of hydrogen-bond donors (Lipinski definition) is 2. The van der Waals surface area contributed by atoms with E-state index in [1.807, 2.05) is 12.3 Å². The van der Waals surface area contributed by atoms with Crippen LogP contribution in [0.3, 0.4) is 0 Å². The standard InChI is InChI=1S/C12H21N3OS/c1-9(12-14-6-7-17-12)8-15-11(16)5-3-4-10(2)13/h6-7,9-10H,3-5,8,13H2,1-2H3,(H,15,16). The molecule has 5 heteroatoms. The number of nitrogens with one attached hydrogen (secondary N) is 1. The Morgan fingerprint density at radius 2 is 2.35 bits per heavy atom. The molecule has 0 aliphatic carbocycles. The van der Waals surface area contributed by atoms with Crippen molar-refractivity contribution in [2.75, 3.05) is 6.54 Å². The number of carbonyl (C=O) groups excluding carboxylic acids is 1. The Kier molecular flexibility index (Phi) is 6.15. The molecule has 2 unspecified atom stereocenters. The van der Waals surface area contributed by atoms with Gasteiger partial charge in [-0.15, -0.1) is 11.3 Å². The summed E-state index contributed by atoms with van der Waals surface area (Å²) in [5.74, 6) is 0.390. The quantitative estimate of drug-likeness (QED) is 0.781. The molecule has 1 aromatic rings. The molecule has 4 nitrogen and oxygen atoms in total. The van der Waals surface area contributed by atoms with Gasteiger partial charge in [-0.25, -0.2) is 4.98 Å². The smallest absolute Gasteiger partial charge is 0.220 e. The third kappa shape index (κ3) is 5.79. The molecule has 0 aliphatic rings. The van der Waals surface area contributed by atoms with Gasteiger partial charge in [0.15, 0.2) is 0 Å². The Morgan fingerprint density at radius 1 is 1.59 bits per heavy atom. The topological polar surface area (TPSA) is 68.0 Å². The zero-order valence-corrected chi connectivity index (χ0v) is 11.3. The van der Waals surface area contributed by atoms with E-state index in [4.69, 9.17) is 5.73 Å². The van der Waals surface area contributed by atoms with Crippen LogP contribution in [0.25, 0.3) is 0 Å². The average Bonchev–Trinajstić information content (AvgIpc) is 2.78. The molecule has 0 bridgehead atoms. The van der Waals surface area contributed by atoms with Gasteiger partial charge in [-0.2, -0.15) is 0 Å². The fourth-order valence-corrected chi connectivity index (χ4v) is 2.20. The van der Waals surface area contributed by atoms with E-state index in [1.165, 1.54) is 0 Å². The van der Waals surface area contributed by atoms with Gasteiger partial charge in [-0.1, -0.05) is 6.92 Å². The number of aromatic nitrogens is 1. The lowest BCUT2D eigenvalue weighted by atomic mass is 10.1. The largest absolute Gasteiger partial charge is 0.355 e. The molecule has 1 heterocycles. The molecular formula is C12H21N3OS. The molecule has 1 rings (SSSR count). The van der Waals surface area contributed by atoms with Crippen LogP contribution in [0.4, 0.5) is 0 Å². The van der Waals surface area contributed by atoms with Crippen molar-refractivity contribution in [3.05, 3.63) is 16.6 Å². The summed E-state index contributed by atoms with van der Waals surface area (Å²) in [5.41, 5.74) is 5.63. The Hall–Kier alpha value is -0.940. The molecule has 0 aliphatic heterocycles. The highest BCUT2D eigenvalue weighted by molar-refractivity contribution is 7.09. The van der Waals surface area contributed by atoms with E-state index in [2.05, 4.69) is 17.2 Å². The molecule has 0 saturated heterocycles. The maximum absolute atomic E-state index is 11.5. The highest BCUT2D eigenvalue weighted by Crippen LogP contribution is 2.16. The van der Waals surface area contributed by atoms with E-state index in [-0.39, 0.29) is 17.9 Å². The Morgan fingerprint density at radius 3 is 2.94 bits per heavy atom. The lowest BCUT2D eigenvalue weighted by molar-refractivity contribution is -0.121. The molecule has 96 valence electrons. The zero-order chi connectivity index (χ0) is 12.7. The van der Waals surface area contributed by atoms with Gasteiger partial charge in [0.1, 0.15) is 0 Å². The van der Waals surface area contributed by atoms with Crippen molar-refractivity contribution in [1.29, 1.82) is 0 Å². The second-order valence-corrected chi connectivity index (χ2v) is 5.37. The minimum Gasteiger partial charge on any atom is -0.355 e. The number of rotatable bonds is 7. The van der Waals surface area contributed by atoms with Crippen molar-refractivity contribution >= 4 is 17.2 Å². The van der Waals surface area contributed by atoms with Gasteiger partial charge in [0, 0.05) is 36.5 Å². The summed E-state index contributed by atoms with van der Waals surface area (Å²) in [4.78, 5) is 15.8. The number of carbonyl (C=O) groups is 1. The number of nitrogens with zero attached hydrogens (tertiary/aromatic N) is 1. The highest BCUT2D eigenvalue weighted by atomic mass is 32.1. The van der Waals surface area contributed by atoms with E-state index in [9.17, 15) is 4.79 Å². The molecule has 0 fully saturated rings. The lowest BCUT2D eigenvalue weighted by Gasteiger charge is -2.10. The minimum absolute atomic E-state index is 0.106. The van der Waals surface area contributed by atoms with Crippen molar-refractivity contribution in [2.24, 2.45) is 5.73 Å². The van der Waals surface area contributed by atoms with Crippen LogP contribution in [0.5, 0.6) is 0 Å². The summed E-state index contributed by atoms with van der Waals surface area (Å²) in [6.45, 7) is 4.69. The van der Waals surface area contributed by atoms with Crippen molar-refractivity contribution < 1.29 is 4.79 Å². The molecule has 0 saturated carbocycles. The van der Waals surface area contributed by atoms with E-state index in [0.29, 0.717) is 13.0 Å². The highest BCUT2D eigenvalue weighted by Gasteiger charge is 2.09. The number of hydrogen-bond acceptors (Lipinski definition) is 4. The monoisotopic (exact) mass is 255 g/mol. The summed E-state index contributed by atoms with van der Waals surface area (Å²) in [5, 5.41) is 5.96. The van der Waals surface area contributed by atoms with Crippen molar-refractivity contribution in [2.45, 2.75) is 45.1 Å². The summed E-state index contributed by atoms with van der Waals surface area (Å²) < 4.78 is 0. The molecule has 3 N–H and O–H groups in total. The molecule has 1 amide bonds. The first-order chi connectivity index (χ1) is 8.09. The Labute approximate surface area is 107 Å². The van der Waals surface area contributed by atoms with Gasteiger partial charge in [0.2, 0.25) is 5.91 Å². The number of nitrogens with two attached hydrogens (primary N) is 1. The average molecular weight is 255 g/mol. The summed E-state index contributed by atoms with van der Waals surface area (Å²) in [6, 6.07) is 0.178. The predicted molar refractivity (Wildman–Crippen MR) is 71.0 cm³/mol. The van der Waals surface area contributed by atoms with Crippen LogP contribution in [0.1, 0.15) is 44.0 Å². The fraction of sp³-hybridized carbons (Fsp3) is 0.667. The fourth-order valence-electron chi connectivity index (χ4n) is 1.51. The maximum atomic E-state index is 11.5. The second kappa shape index (κ2) is 7.40. The number of thiazole rings is 1. The van der Waals surface area contributed by atoms with Gasteiger partial charge < -0.3 is 11.1 Å². The lowest BCUT2D eigenvalue weighted by Crippen LogP contribution is -2.27. The second-order valence-electron chi connectivity index (χ2n) is 4.44. The van der Waals surface area contributed by atoms with E-state index >= 15 is 0 Å². The first kappa shape index (κ1) is 14.1. The summed E-state index contributed by atoms with van der Waals surface area (Å²) >= 11 is 1.63. The SMILES string of the molecule is CC(N)CCCC(=O)NCC(C)c1nccs1. The van der Waals surface area contributed by atoms with E-state index in [1.54, 1.807) is 17.5 Å². The normalized spacial score (nSPS) is 14.3. The van der Waals surface area contributed by atoms with Crippen molar-refractivity contribution in [1.82, 2.24) is 10.3 Å². The van der Waals surface area contributed by atoms with Crippen LogP contribution in [0, 0.1) is 0 Å². The van der Waals surface area contributed by atoms with Crippen LogP contribution in [-0.2, 0) is 4.79 Å². The molecule has 17 heavy (non-hydrogen) atoms. The molecule has 2 atom stereocenters. The molecule has 0 spiro atoms. The van der Waals surface area contributed by atoms with Crippen molar-refractivity contribution in [3.63, 3.8) is 0 Å². The van der Waals surface area contributed by atoms with Crippen LogP contribution < -0.4 is 11.1 Å². The molecular weight excluding hydrogens is 234 g/mol. The Bertz CT molecular complexity index is 325. The van der Waals surface area contributed by atoms with E-state index in [0.717, 1.165) is 17.8 Å². The maximum Gasteiger partial charge on any atom is 0.220 e. The third-order valence-corrected chi connectivity index (χ3v) is 3.55. The zero-order valence-electron chi connectivity index (χ0n) is 10.5. The number of amides is 1. The predicted octanol–water partition coefficient (Wildman–Crippen LogP) is 1.88. The first-order valence-corrected chi connectivity index (χ1v) is 6.89. The van der Waals surface area contributed by atoms with Gasteiger partial charge in [-0.3, -0.25) is 4.79 Å². The third-order valence-electron chi connectivity index (χ3n) is 2.54. The van der Waals surface area contributed by atoms with Gasteiger partial charge in [0.05, 0.1) is 5.01 Å². The van der Waals surface area contributed by atoms with Crippen molar-refractivity contribution in [3.8, 4) is 0 Å².